The van der Waals surface area contributed by atoms with Gasteiger partial charge in [0.05, 0.1) is 0 Å². The molecule has 5 rings (SSSR count). The van der Waals surface area contributed by atoms with Gasteiger partial charge < -0.3 is 10.2 Å². The van der Waals surface area contributed by atoms with Gasteiger partial charge >= 0.3 is 0 Å². The Hall–Kier alpha value is -3.52. The number of piperidine rings is 1. The van der Waals surface area contributed by atoms with E-state index in [2.05, 4.69) is 25.4 Å². The van der Waals surface area contributed by atoms with E-state index >= 15 is 0 Å². The van der Waals surface area contributed by atoms with Crippen molar-refractivity contribution in [2.45, 2.75) is 19.4 Å². The van der Waals surface area contributed by atoms with E-state index in [-0.39, 0.29) is 11.8 Å². The van der Waals surface area contributed by atoms with E-state index in [0.29, 0.717) is 23.0 Å². The Labute approximate surface area is 190 Å². The molecule has 0 atom stereocenters. The molecule has 3 aromatic heterocycles. The van der Waals surface area contributed by atoms with Gasteiger partial charge in [-0.3, -0.25) is 9.78 Å². The zero-order chi connectivity index (χ0) is 21.9. The maximum Gasteiger partial charge on any atom is 0.223 e. The maximum absolute atomic E-state index is 12.6. The summed E-state index contributed by atoms with van der Waals surface area (Å²) in [6.45, 7) is 2.04. The first-order chi connectivity index (χ1) is 15.7. The summed E-state index contributed by atoms with van der Waals surface area (Å²) in [6.07, 6.45) is 5.06. The molecule has 0 aliphatic carbocycles. The number of benzene rings is 1. The lowest BCUT2D eigenvalue weighted by atomic mass is 9.96. The van der Waals surface area contributed by atoms with E-state index in [4.69, 9.17) is 16.7 Å². The molecule has 1 N–H and O–H groups in total. The monoisotopic (exact) mass is 447 g/mol. The molecule has 1 aliphatic rings. The molecule has 0 unspecified atom stereocenters. The number of carbonyl (C=O) groups is 1. The van der Waals surface area contributed by atoms with Crippen molar-refractivity contribution in [3.8, 4) is 11.4 Å². The van der Waals surface area contributed by atoms with Crippen LogP contribution in [-0.4, -0.2) is 43.8 Å². The fourth-order valence-electron chi connectivity index (χ4n) is 3.93. The van der Waals surface area contributed by atoms with Crippen molar-refractivity contribution in [3.63, 3.8) is 0 Å². The van der Waals surface area contributed by atoms with Crippen LogP contribution >= 0.6 is 11.6 Å². The predicted molar refractivity (Wildman–Crippen MR) is 122 cm³/mol. The summed E-state index contributed by atoms with van der Waals surface area (Å²) in [5, 5.41) is 17.0. The molecule has 0 radical (unpaired) electrons. The molecule has 9 heteroatoms. The third-order valence-electron chi connectivity index (χ3n) is 5.73. The van der Waals surface area contributed by atoms with Crippen LogP contribution in [0.4, 0.5) is 5.82 Å². The summed E-state index contributed by atoms with van der Waals surface area (Å²) < 4.78 is 1.76. The lowest BCUT2D eigenvalue weighted by Crippen LogP contribution is -2.40. The van der Waals surface area contributed by atoms with Gasteiger partial charge in [0.1, 0.15) is 5.82 Å². The second-order valence-corrected chi connectivity index (χ2v) is 8.27. The minimum atomic E-state index is 0.00573. The lowest BCUT2D eigenvalue weighted by molar-refractivity contribution is -0.125. The average Bonchev–Trinajstić information content (AvgIpc) is 3.27. The Bertz CT molecular complexity index is 1220. The molecule has 1 aliphatic heterocycles. The van der Waals surface area contributed by atoms with E-state index in [1.807, 2.05) is 48.5 Å². The Morgan fingerprint density at radius 1 is 1.06 bits per heavy atom. The van der Waals surface area contributed by atoms with Gasteiger partial charge in [0.15, 0.2) is 11.5 Å². The number of anilines is 1. The zero-order valence-corrected chi connectivity index (χ0v) is 18.1. The highest BCUT2D eigenvalue weighted by Gasteiger charge is 2.26. The minimum Gasteiger partial charge on any atom is -0.355 e. The van der Waals surface area contributed by atoms with Gasteiger partial charge in [-0.15, -0.1) is 15.3 Å². The van der Waals surface area contributed by atoms with Crippen molar-refractivity contribution in [1.29, 1.82) is 0 Å². The first-order valence-electron chi connectivity index (χ1n) is 10.6. The highest BCUT2D eigenvalue weighted by Crippen LogP contribution is 2.24. The van der Waals surface area contributed by atoms with Crippen molar-refractivity contribution in [3.05, 3.63) is 71.5 Å². The van der Waals surface area contributed by atoms with Crippen LogP contribution in [0.5, 0.6) is 0 Å². The summed E-state index contributed by atoms with van der Waals surface area (Å²) in [7, 11) is 0. The van der Waals surface area contributed by atoms with Gasteiger partial charge in [-0.1, -0.05) is 17.7 Å². The average molecular weight is 448 g/mol. The molecule has 1 fully saturated rings. The first-order valence-corrected chi connectivity index (χ1v) is 10.9. The molecule has 4 heterocycles. The van der Waals surface area contributed by atoms with Crippen LogP contribution in [0.25, 0.3) is 17.0 Å². The molecule has 1 saturated heterocycles. The number of amides is 1. The van der Waals surface area contributed by atoms with Gasteiger partial charge in [-0.05, 0) is 60.9 Å². The van der Waals surface area contributed by atoms with E-state index in [1.165, 1.54) is 0 Å². The molecule has 4 aromatic rings. The van der Waals surface area contributed by atoms with Crippen LogP contribution in [0.1, 0.15) is 18.4 Å². The summed E-state index contributed by atoms with van der Waals surface area (Å²) in [6, 6.07) is 15.2. The number of pyridine rings is 1. The number of rotatable bonds is 5. The fraction of sp³-hybridized carbons (Fsp3) is 0.261. The molecule has 0 bridgehead atoms. The summed E-state index contributed by atoms with van der Waals surface area (Å²) in [5.41, 5.74) is 2.58. The van der Waals surface area contributed by atoms with Crippen molar-refractivity contribution in [1.82, 2.24) is 30.1 Å². The van der Waals surface area contributed by atoms with E-state index in [0.717, 1.165) is 42.9 Å². The van der Waals surface area contributed by atoms with Crippen LogP contribution in [0, 0.1) is 5.92 Å². The quantitative estimate of drug-likeness (QED) is 0.504. The molecule has 162 valence electrons. The van der Waals surface area contributed by atoms with E-state index < -0.39 is 0 Å². The normalized spacial score (nSPS) is 14.6. The number of nitrogens with one attached hydrogen (secondary N) is 1. The minimum absolute atomic E-state index is 0.00573. The Morgan fingerprint density at radius 3 is 2.62 bits per heavy atom. The molecule has 32 heavy (non-hydrogen) atoms. The summed E-state index contributed by atoms with van der Waals surface area (Å²) >= 11 is 6.01. The van der Waals surface area contributed by atoms with Crippen LogP contribution in [0.15, 0.2) is 60.9 Å². The van der Waals surface area contributed by atoms with Gasteiger partial charge in [0.2, 0.25) is 5.91 Å². The topological polar surface area (TPSA) is 88.3 Å². The molecule has 1 amide bonds. The Morgan fingerprint density at radius 2 is 1.88 bits per heavy atom. The standard InChI is InChI=1S/C23H22ClN7O/c24-19-5-3-17(4-6-19)22-28-27-20-7-8-21(29-31(20)22)30-12-9-18(10-13-30)23(32)26-15-16-2-1-11-25-14-16/h1-8,11,14,18H,9-10,12-13,15H2,(H,26,32). The third kappa shape index (κ3) is 4.27. The highest BCUT2D eigenvalue weighted by atomic mass is 35.5. The summed E-state index contributed by atoms with van der Waals surface area (Å²) in [5.74, 6) is 1.62. The van der Waals surface area contributed by atoms with E-state index in [1.54, 1.807) is 16.9 Å². The molecule has 0 saturated carbocycles. The molecule has 0 spiro atoms. The SMILES string of the molecule is O=C(NCc1cccnc1)C1CCN(c2ccc3nnc(-c4ccc(Cl)cc4)n3n2)CC1. The fourth-order valence-corrected chi connectivity index (χ4v) is 4.06. The Balaban J connectivity index is 1.25. The predicted octanol–water partition coefficient (Wildman–Crippen LogP) is 3.37. The van der Waals surface area contributed by atoms with Gasteiger partial charge in [0.25, 0.3) is 0 Å². The molecule has 1 aromatic carbocycles. The number of fused-ring (bicyclic) bond motifs is 1. The number of hydrogen-bond acceptors (Lipinski definition) is 6. The lowest BCUT2D eigenvalue weighted by Gasteiger charge is -2.32. The van der Waals surface area contributed by atoms with E-state index in [9.17, 15) is 4.79 Å². The number of carbonyl (C=O) groups excluding carboxylic acids is 1. The smallest absolute Gasteiger partial charge is 0.223 e. The highest BCUT2D eigenvalue weighted by molar-refractivity contribution is 6.30. The van der Waals surface area contributed by atoms with Gasteiger partial charge in [-0.2, -0.15) is 4.52 Å². The molecule has 8 nitrogen and oxygen atoms in total. The first kappa shape index (κ1) is 20.4. The second kappa shape index (κ2) is 8.92. The van der Waals surface area contributed by atoms with Crippen molar-refractivity contribution < 1.29 is 4.79 Å². The zero-order valence-electron chi connectivity index (χ0n) is 17.4. The third-order valence-corrected chi connectivity index (χ3v) is 5.98. The molecular formula is C23H22ClN7O. The van der Waals surface area contributed by atoms with Gasteiger partial charge in [0, 0.05) is 48.5 Å². The van der Waals surface area contributed by atoms with Crippen LogP contribution < -0.4 is 10.2 Å². The number of halogens is 1. The van der Waals surface area contributed by atoms with Crippen molar-refractivity contribution in [2.75, 3.05) is 18.0 Å². The largest absolute Gasteiger partial charge is 0.355 e. The van der Waals surface area contributed by atoms with Crippen LogP contribution in [0.3, 0.4) is 0 Å². The van der Waals surface area contributed by atoms with Crippen molar-refractivity contribution in [2.24, 2.45) is 5.92 Å². The number of nitrogens with zero attached hydrogens (tertiary/aromatic N) is 6. The van der Waals surface area contributed by atoms with Gasteiger partial charge in [-0.25, -0.2) is 0 Å². The Kier molecular flexibility index (Phi) is 5.68. The second-order valence-electron chi connectivity index (χ2n) is 7.83. The molecular weight excluding hydrogens is 426 g/mol. The van der Waals surface area contributed by atoms with Crippen LogP contribution in [-0.2, 0) is 11.3 Å². The number of aromatic nitrogens is 5. The van der Waals surface area contributed by atoms with Crippen LogP contribution in [0.2, 0.25) is 5.02 Å². The number of hydrogen-bond donors (Lipinski definition) is 1. The van der Waals surface area contributed by atoms with Crippen molar-refractivity contribution >= 4 is 29.0 Å². The summed E-state index contributed by atoms with van der Waals surface area (Å²) in [4.78, 5) is 18.9. The maximum atomic E-state index is 12.6.